The van der Waals surface area contributed by atoms with Crippen molar-refractivity contribution in [2.75, 3.05) is 0 Å². The lowest BCUT2D eigenvalue weighted by Gasteiger charge is -2.33. The third-order valence-electron chi connectivity index (χ3n) is 3.09. The summed E-state index contributed by atoms with van der Waals surface area (Å²) in [5, 5.41) is 8.81. The first-order chi connectivity index (χ1) is 6.11. The van der Waals surface area contributed by atoms with Crippen molar-refractivity contribution in [2.45, 2.75) is 46.0 Å². The van der Waals surface area contributed by atoms with Gasteiger partial charge >= 0.3 is 5.97 Å². The molecule has 0 aromatic heterocycles. The van der Waals surface area contributed by atoms with E-state index < -0.39 is 5.97 Å². The van der Waals surface area contributed by atoms with Crippen molar-refractivity contribution in [3.05, 3.63) is 0 Å². The molecule has 2 unspecified atom stereocenters. The van der Waals surface area contributed by atoms with Crippen molar-refractivity contribution in [1.29, 1.82) is 0 Å². The van der Waals surface area contributed by atoms with Crippen molar-refractivity contribution in [3.8, 4) is 0 Å². The molecule has 1 rings (SSSR count). The zero-order chi connectivity index (χ0) is 9.84. The van der Waals surface area contributed by atoms with Crippen LogP contribution >= 0.6 is 0 Å². The number of carboxylic acids is 1. The van der Waals surface area contributed by atoms with Gasteiger partial charge in [0.15, 0.2) is 0 Å². The molecule has 13 heavy (non-hydrogen) atoms. The minimum atomic E-state index is -0.583. The van der Waals surface area contributed by atoms with Crippen LogP contribution in [-0.4, -0.2) is 11.1 Å². The molecule has 1 aliphatic carbocycles. The molecule has 1 aliphatic rings. The van der Waals surface area contributed by atoms with E-state index in [1.807, 2.05) is 0 Å². The molecule has 2 heteroatoms. The summed E-state index contributed by atoms with van der Waals surface area (Å²) in [5.41, 5.74) is 0. The Morgan fingerprint density at radius 1 is 1.46 bits per heavy atom. The first-order valence-corrected chi connectivity index (χ1v) is 5.34. The average Bonchev–Trinajstić information content (AvgIpc) is 1.93. The smallest absolute Gasteiger partial charge is 0.306 e. The quantitative estimate of drug-likeness (QED) is 0.713. The minimum Gasteiger partial charge on any atom is -0.481 e. The number of carboxylic acid groups (broad SMARTS) is 1. The maximum Gasteiger partial charge on any atom is 0.306 e. The van der Waals surface area contributed by atoms with E-state index in [1.165, 1.54) is 12.8 Å². The lowest BCUT2D eigenvalue weighted by molar-refractivity contribution is -0.147. The highest BCUT2D eigenvalue weighted by Crippen LogP contribution is 2.38. The second kappa shape index (κ2) is 4.64. The number of rotatable bonds is 5. The molecule has 1 saturated carbocycles. The Bertz CT molecular complexity index is 175. The van der Waals surface area contributed by atoms with E-state index in [0.29, 0.717) is 5.92 Å². The maximum atomic E-state index is 10.7. The molecular formula is C11H20O2. The van der Waals surface area contributed by atoms with Crippen molar-refractivity contribution in [1.82, 2.24) is 0 Å². The van der Waals surface area contributed by atoms with E-state index in [4.69, 9.17) is 5.11 Å². The normalized spacial score (nSPS) is 27.3. The molecule has 0 spiro atoms. The molecular weight excluding hydrogens is 164 g/mol. The fourth-order valence-electron chi connectivity index (χ4n) is 2.03. The molecule has 0 saturated heterocycles. The Hall–Kier alpha value is -0.530. The van der Waals surface area contributed by atoms with Gasteiger partial charge in [-0.3, -0.25) is 4.79 Å². The molecule has 2 atom stereocenters. The van der Waals surface area contributed by atoms with Crippen LogP contribution in [0, 0.1) is 17.8 Å². The summed E-state index contributed by atoms with van der Waals surface area (Å²) < 4.78 is 0. The highest BCUT2D eigenvalue weighted by molar-refractivity contribution is 5.71. The third kappa shape index (κ3) is 3.02. The lowest BCUT2D eigenvalue weighted by Crippen LogP contribution is -2.32. The van der Waals surface area contributed by atoms with Gasteiger partial charge in [-0.05, 0) is 31.1 Å². The molecule has 0 heterocycles. The predicted molar refractivity (Wildman–Crippen MR) is 52.5 cm³/mol. The fourth-order valence-corrected chi connectivity index (χ4v) is 2.03. The Morgan fingerprint density at radius 2 is 2.15 bits per heavy atom. The first-order valence-electron chi connectivity index (χ1n) is 5.34. The van der Waals surface area contributed by atoms with Gasteiger partial charge in [0.05, 0.1) is 5.92 Å². The average molecular weight is 184 g/mol. The van der Waals surface area contributed by atoms with Gasteiger partial charge in [0.25, 0.3) is 0 Å². The van der Waals surface area contributed by atoms with E-state index in [9.17, 15) is 4.79 Å². The van der Waals surface area contributed by atoms with Gasteiger partial charge in [0.1, 0.15) is 0 Å². The van der Waals surface area contributed by atoms with E-state index in [1.54, 1.807) is 0 Å². The highest BCUT2D eigenvalue weighted by Gasteiger charge is 2.35. The summed E-state index contributed by atoms with van der Waals surface area (Å²) in [6, 6.07) is 0. The molecule has 0 aliphatic heterocycles. The van der Waals surface area contributed by atoms with Crippen LogP contribution < -0.4 is 0 Å². The highest BCUT2D eigenvalue weighted by atomic mass is 16.4. The first kappa shape index (κ1) is 10.6. The molecule has 0 aromatic carbocycles. The maximum absolute atomic E-state index is 10.7. The van der Waals surface area contributed by atoms with Crippen LogP contribution in [0.25, 0.3) is 0 Å². The number of aliphatic carboxylic acids is 1. The van der Waals surface area contributed by atoms with Gasteiger partial charge < -0.3 is 5.11 Å². The van der Waals surface area contributed by atoms with Gasteiger partial charge in [0, 0.05) is 0 Å². The minimum absolute atomic E-state index is 0.0211. The second-order valence-electron chi connectivity index (χ2n) is 4.61. The fraction of sp³-hybridized carbons (Fsp3) is 0.909. The Kier molecular flexibility index (Phi) is 3.76. The van der Waals surface area contributed by atoms with Crippen molar-refractivity contribution in [3.63, 3.8) is 0 Å². The lowest BCUT2D eigenvalue weighted by atomic mass is 9.71. The third-order valence-corrected chi connectivity index (χ3v) is 3.09. The largest absolute Gasteiger partial charge is 0.481 e. The van der Waals surface area contributed by atoms with Gasteiger partial charge in [-0.15, -0.1) is 0 Å². The van der Waals surface area contributed by atoms with Crippen molar-refractivity contribution in [2.24, 2.45) is 17.8 Å². The summed E-state index contributed by atoms with van der Waals surface area (Å²) in [4.78, 5) is 10.7. The van der Waals surface area contributed by atoms with Crippen LogP contribution in [0.3, 0.4) is 0 Å². The molecule has 0 radical (unpaired) electrons. The van der Waals surface area contributed by atoms with Crippen LogP contribution in [0.5, 0.6) is 0 Å². The van der Waals surface area contributed by atoms with Gasteiger partial charge in [-0.1, -0.05) is 26.7 Å². The SMILES string of the molecule is CC(C)CCCC1CCC1C(=O)O. The van der Waals surface area contributed by atoms with Crippen LogP contribution in [0.1, 0.15) is 46.0 Å². The van der Waals surface area contributed by atoms with Crippen LogP contribution in [0.2, 0.25) is 0 Å². The molecule has 1 N–H and O–H groups in total. The van der Waals surface area contributed by atoms with Gasteiger partial charge in [0.2, 0.25) is 0 Å². The summed E-state index contributed by atoms with van der Waals surface area (Å²) in [6.07, 6.45) is 5.60. The van der Waals surface area contributed by atoms with E-state index in [-0.39, 0.29) is 5.92 Å². The zero-order valence-electron chi connectivity index (χ0n) is 8.62. The molecule has 2 nitrogen and oxygen atoms in total. The van der Waals surface area contributed by atoms with Crippen molar-refractivity contribution >= 4 is 5.97 Å². The van der Waals surface area contributed by atoms with E-state index >= 15 is 0 Å². The number of hydrogen-bond donors (Lipinski definition) is 1. The van der Waals surface area contributed by atoms with E-state index in [2.05, 4.69) is 13.8 Å². The standard InChI is InChI=1S/C11H20O2/c1-8(2)4-3-5-9-6-7-10(9)11(12)13/h8-10H,3-7H2,1-2H3,(H,12,13). The molecule has 0 bridgehead atoms. The van der Waals surface area contributed by atoms with Crippen molar-refractivity contribution < 1.29 is 9.90 Å². The predicted octanol–water partition coefficient (Wildman–Crippen LogP) is 2.92. The molecule has 76 valence electrons. The molecule has 0 aromatic rings. The molecule has 0 amide bonds. The topological polar surface area (TPSA) is 37.3 Å². The van der Waals surface area contributed by atoms with Gasteiger partial charge in [-0.2, -0.15) is 0 Å². The summed E-state index contributed by atoms with van der Waals surface area (Å²) in [7, 11) is 0. The Balaban J connectivity index is 2.12. The monoisotopic (exact) mass is 184 g/mol. The van der Waals surface area contributed by atoms with Crippen LogP contribution in [0.15, 0.2) is 0 Å². The number of hydrogen-bond acceptors (Lipinski definition) is 1. The van der Waals surface area contributed by atoms with Crippen LogP contribution in [0.4, 0.5) is 0 Å². The second-order valence-corrected chi connectivity index (χ2v) is 4.61. The summed E-state index contributed by atoms with van der Waals surface area (Å²) in [6.45, 7) is 4.44. The summed E-state index contributed by atoms with van der Waals surface area (Å²) in [5.74, 6) is 0.632. The van der Waals surface area contributed by atoms with E-state index in [0.717, 1.165) is 25.2 Å². The van der Waals surface area contributed by atoms with Gasteiger partial charge in [-0.25, -0.2) is 0 Å². The zero-order valence-corrected chi connectivity index (χ0v) is 8.62. The molecule has 1 fully saturated rings. The van der Waals surface area contributed by atoms with Crippen LogP contribution in [-0.2, 0) is 4.79 Å². The Labute approximate surface area is 80.3 Å². The Morgan fingerprint density at radius 3 is 2.54 bits per heavy atom. The summed E-state index contributed by atoms with van der Waals surface area (Å²) >= 11 is 0. The number of carbonyl (C=O) groups is 1.